The maximum atomic E-state index is 13.4. The number of nitrogens with zero attached hydrogens (tertiary/aromatic N) is 2. The van der Waals surface area contributed by atoms with E-state index >= 15 is 0 Å². The van der Waals surface area contributed by atoms with Crippen LogP contribution in [-0.4, -0.2) is 49.6 Å². The number of carbonyl (C=O) groups excluding carboxylic acids is 1. The molecule has 0 radical (unpaired) electrons. The molecule has 1 amide bonds. The number of benzene rings is 1. The van der Waals surface area contributed by atoms with Gasteiger partial charge >= 0.3 is 0 Å². The Bertz CT molecular complexity index is 1300. The van der Waals surface area contributed by atoms with Crippen molar-refractivity contribution in [1.82, 2.24) is 14.6 Å². The predicted octanol–water partition coefficient (Wildman–Crippen LogP) is 5.84. The van der Waals surface area contributed by atoms with Crippen molar-refractivity contribution in [2.24, 2.45) is 11.8 Å². The van der Waals surface area contributed by atoms with E-state index in [1.807, 2.05) is 17.2 Å². The van der Waals surface area contributed by atoms with Gasteiger partial charge in [-0.05, 0) is 102 Å². The quantitative estimate of drug-likeness (QED) is 0.443. The molecule has 2 fully saturated rings. The minimum atomic E-state index is -3.27. The molecule has 1 saturated carbocycles. The summed E-state index contributed by atoms with van der Waals surface area (Å²) in [6.45, 7) is 1.43. The van der Waals surface area contributed by atoms with E-state index in [0.717, 1.165) is 64.6 Å². The standard InChI is InChI=1S/C27H32Br2ClN3O3S/c1-37(35,36)32-22-4-2-3-19(13-22)27(34)33-9-7-16(8-10-33)25-24-17(12-21(30)14-23(24)29)5-6-18-11-20(28)15-31-26(18)25/h11-12,14-16,19,22,25,32H,2-10,13H2,1H3/t19?,22?,25-/m1/s1. The van der Waals surface area contributed by atoms with E-state index in [4.69, 9.17) is 16.6 Å². The van der Waals surface area contributed by atoms with Crippen LogP contribution in [0.2, 0.25) is 5.02 Å². The first-order valence-electron chi connectivity index (χ1n) is 13.0. The predicted molar refractivity (Wildman–Crippen MR) is 153 cm³/mol. The molecule has 0 spiro atoms. The molecule has 1 N–H and O–H groups in total. The van der Waals surface area contributed by atoms with Crippen molar-refractivity contribution in [3.8, 4) is 0 Å². The number of likely N-dealkylation sites (tertiary alicyclic amines) is 1. The van der Waals surface area contributed by atoms with Crippen molar-refractivity contribution in [2.75, 3.05) is 19.3 Å². The number of pyridine rings is 1. The molecule has 2 unspecified atom stereocenters. The first kappa shape index (κ1) is 27.6. The van der Waals surface area contributed by atoms with Gasteiger partial charge in [0.25, 0.3) is 0 Å². The average molecular weight is 674 g/mol. The number of hydrogen-bond donors (Lipinski definition) is 1. The summed E-state index contributed by atoms with van der Waals surface area (Å²) in [4.78, 5) is 20.4. The summed E-state index contributed by atoms with van der Waals surface area (Å²) >= 11 is 13.9. The number of aromatic nitrogens is 1. The molecule has 2 aromatic rings. The summed E-state index contributed by atoms with van der Waals surface area (Å²) in [5.74, 6) is 0.564. The van der Waals surface area contributed by atoms with Crippen LogP contribution in [-0.2, 0) is 27.7 Å². The van der Waals surface area contributed by atoms with Gasteiger partial charge in [0.05, 0.1) is 11.9 Å². The second kappa shape index (κ2) is 11.2. The molecule has 37 heavy (non-hydrogen) atoms. The fourth-order valence-electron chi connectivity index (χ4n) is 6.57. The number of carbonyl (C=O) groups is 1. The number of nitrogens with one attached hydrogen (secondary N) is 1. The first-order valence-corrected chi connectivity index (χ1v) is 16.8. The Hall–Kier alpha value is -1.000. The van der Waals surface area contributed by atoms with Gasteiger partial charge in [0.15, 0.2) is 0 Å². The summed E-state index contributed by atoms with van der Waals surface area (Å²) in [6.07, 6.45) is 9.79. The van der Waals surface area contributed by atoms with E-state index in [9.17, 15) is 13.2 Å². The van der Waals surface area contributed by atoms with E-state index in [-0.39, 0.29) is 23.8 Å². The summed E-state index contributed by atoms with van der Waals surface area (Å²) in [5.41, 5.74) is 4.95. The van der Waals surface area contributed by atoms with Crippen molar-refractivity contribution < 1.29 is 13.2 Å². The number of sulfonamides is 1. The topological polar surface area (TPSA) is 79.4 Å². The number of piperidine rings is 1. The molecule has 2 heterocycles. The van der Waals surface area contributed by atoms with E-state index in [1.165, 1.54) is 22.9 Å². The van der Waals surface area contributed by atoms with Crippen LogP contribution in [0.25, 0.3) is 0 Å². The zero-order valence-corrected chi connectivity index (χ0v) is 25.6. The van der Waals surface area contributed by atoms with Crippen molar-refractivity contribution in [1.29, 1.82) is 0 Å². The molecule has 1 aromatic carbocycles. The fourth-order valence-corrected chi connectivity index (χ4v) is 8.88. The van der Waals surface area contributed by atoms with Crippen LogP contribution in [0.3, 0.4) is 0 Å². The zero-order chi connectivity index (χ0) is 26.3. The number of halogens is 3. The highest BCUT2D eigenvalue weighted by Gasteiger charge is 2.38. The third-order valence-corrected chi connectivity index (χ3v) is 10.2. The molecule has 6 nitrogen and oxygen atoms in total. The summed E-state index contributed by atoms with van der Waals surface area (Å²) in [5, 5.41) is 0.737. The highest BCUT2D eigenvalue weighted by Crippen LogP contribution is 2.46. The Labute approximate surface area is 241 Å². The second-order valence-corrected chi connectivity index (χ2v) is 14.7. The SMILES string of the molecule is CS(=O)(=O)NC1CCCC(C(=O)N2CCC([C@H]3c4ncc(Br)cc4CCc4cc(Cl)cc(Br)c43)CC2)C1. The lowest BCUT2D eigenvalue weighted by atomic mass is 9.76. The maximum Gasteiger partial charge on any atom is 0.225 e. The van der Waals surface area contributed by atoms with Crippen LogP contribution in [0.4, 0.5) is 0 Å². The van der Waals surface area contributed by atoms with Crippen molar-refractivity contribution in [3.05, 3.63) is 60.7 Å². The number of aryl methyl sites for hydroxylation is 2. The third kappa shape index (κ3) is 6.26. The van der Waals surface area contributed by atoms with E-state index < -0.39 is 10.0 Å². The summed E-state index contributed by atoms with van der Waals surface area (Å²) in [7, 11) is -3.27. The van der Waals surface area contributed by atoms with Gasteiger partial charge in [0.1, 0.15) is 0 Å². The molecule has 0 bridgehead atoms. The lowest BCUT2D eigenvalue weighted by Gasteiger charge is -2.39. The van der Waals surface area contributed by atoms with E-state index in [0.29, 0.717) is 25.4 Å². The monoisotopic (exact) mass is 671 g/mol. The van der Waals surface area contributed by atoms with Crippen LogP contribution in [0.1, 0.15) is 66.8 Å². The van der Waals surface area contributed by atoms with Crippen molar-refractivity contribution in [3.63, 3.8) is 0 Å². The Kier molecular flexibility index (Phi) is 8.37. The van der Waals surface area contributed by atoms with Gasteiger partial charge < -0.3 is 4.90 Å². The molecular weight excluding hydrogens is 642 g/mol. The van der Waals surface area contributed by atoms with Crippen molar-refractivity contribution >= 4 is 59.4 Å². The molecule has 10 heteroatoms. The van der Waals surface area contributed by atoms with Crippen LogP contribution in [0, 0.1) is 11.8 Å². The Morgan fingerprint density at radius 1 is 1.08 bits per heavy atom. The molecular formula is C27H32Br2ClN3O3S. The molecule has 1 aliphatic heterocycles. The first-order chi connectivity index (χ1) is 17.6. The minimum absolute atomic E-state index is 0.112. The number of fused-ring (bicyclic) bond motifs is 2. The maximum absolute atomic E-state index is 13.4. The van der Waals surface area contributed by atoms with Gasteiger partial charge in [-0.2, -0.15) is 0 Å². The molecule has 3 atom stereocenters. The van der Waals surface area contributed by atoms with Crippen LogP contribution in [0.15, 0.2) is 33.3 Å². The zero-order valence-electron chi connectivity index (χ0n) is 20.9. The van der Waals surface area contributed by atoms with E-state index in [2.05, 4.69) is 48.7 Å². The molecule has 2 aliphatic carbocycles. The fraction of sp³-hybridized carbons (Fsp3) is 0.556. The second-order valence-electron chi connectivity index (χ2n) is 10.7. The number of amides is 1. The number of hydrogen-bond acceptors (Lipinski definition) is 4. The lowest BCUT2D eigenvalue weighted by Crippen LogP contribution is -2.46. The summed E-state index contributed by atoms with van der Waals surface area (Å²) in [6, 6.07) is 6.13. The van der Waals surface area contributed by atoms with Crippen molar-refractivity contribution in [2.45, 2.75) is 63.3 Å². The van der Waals surface area contributed by atoms with Crippen LogP contribution >= 0.6 is 43.5 Å². The largest absolute Gasteiger partial charge is 0.342 e. The Morgan fingerprint density at radius 2 is 1.81 bits per heavy atom. The smallest absolute Gasteiger partial charge is 0.225 e. The van der Waals surface area contributed by atoms with Gasteiger partial charge in [-0.3, -0.25) is 9.78 Å². The highest BCUT2D eigenvalue weighted by molar-refractivity contribution is 9.10. The Morgan fingerprint density at radius 3 is 2.54 bits per heavy atom. The molecule has 5 rings (SSSR count). The van der Waals surface area contributed by atoms with Gasteiger partial charge in [-0.15, -0.1) is 0 Å². The van der Waals surface area contributed by atoms with E-state index in [1.54, 1.807) is 0 Å². The van der Waals surface area contributed by atoms with Gasteiger partial charge in [-0.1, -0.05) is 34.0 Å². The summed E-state index contributed by atoms with van der Waals surface area (Å²) < 4.78 is 28.1. The molecule has 3 aliphatic rings. The molecule has 1 saturated heterocycles. The minimum Gasteiger partial charge on any atom is -0.342 e. The normalized spacial score (nSPS) is 24.8. The van der Waals surface area contributed by atoms with Gasteiger partial charge in [0.2, 0.25) is 15.9 Å². The lowest BCUT2D eigenvalue weighted by molar-refractivity contribution is -0.138. The van der Waals surface area contributed by atoms with Crippen LogP contribution < -0.4 is 4.72 Å². The third-order valence-electron chi connectivity index (χ3n) is 8.14. The molecule has 200 valence electrons. The molecule has 1 aromatic heterocycles. The number of rotatable bonds is 4. The Balaban J connectivity index is 1.35. The van der Waals surface area contributed by atoms with Gasteiger partial charge in [-0.25, -0.2) is 13.1 Å². The van der Waals surface area contributed by atoms with Gasteiger partial charge in [0, 0.05) is 51.1 Å². The van der Waals surface area contributed by atoms with Crippen LogP contribution in [0.5, 0.6) is 0 Å². The average Bonchev–Trinajstić information content (AvgIpc) is 2.99. The highest BCUT2D eigenvalue weighted by atomic mass is 79.9.